The maximum absolute atomic E-state index is 12.3. The van der Waals surface area contributed by atoms with Crippen molar-refractivity contribution in [3.8, 4) is 11.5 Å². The van der Waals surface area contributed by atoms with E-state index in [-0.39, 0.29) is 12.3 Å². The Labute approximate surface area is 163 Å². The molecule has 4 aromatic rings. The third-order valence-corrected chi connectivity index (χ3v) is 4.67. The zero-order valence-electron chi connectivity index (χ0n) is 15.8. The van der Waals surface area contributed by atoms with E-state index in [4.69, 9.17) is 4.42 Å². The van der Waals surface area contributed by atoms with E-state index < -0.39 is 0 Å². The lowest BCUT2D eigenvalue weighted by Crippen LogP contribution is -2.27. The molecule has 0 atom stereocenters. The third-order valence-electron chi connectivity index (χ3n) is 4.67. The number of para-hydroxylation sites is 2. The van der Waals surface area contributed by atoms with Crippen molar-refractivity contribution < 1.29 is 9.21 Å². The predicted octanol–water partition coefficient (Wildman–Crippen LogP) is 3.75. The van der Waals surface area contributed by atoms with E-state index in [0.29, 0.717) is 23.9 Å². The van der Waals surface area contributed by atoms with Gasteiger partial charge in [0.1, 0.15) is 5.76 Å². The fraction of sp³-hybridized carbons (Fsp3) is 0.227. The Morgan fingerprint density at radius 2 is 1.89 bits per heavy atom. The van der Waals surface area contributed by atoms with Crippen LogP contribution in [-0.4, -0.2) is 27.0 Å². The molecule has 0 fully saturated rings. The van der Waals surface area contributed by atoms with Crippen LogP contribution in [0.4, 0.5) is 0 Å². The summed E-state index contributed by atoms with van der Waals surface area (Å²) in [7, 11) is 0. The molecule has 1 amide bonds. The van der Waals surface area contributed by atoms with E-state index in [9.17, 15) is 4.79 Å². The van der Waals surface area contributed by atoms with E-state index in [1.807, 2.05) is 61.8 Å². The molecule has 6 nitrogen and oxygen atoms in total. The number of benzene rings is 2. The van der Waals surface area contributed by atoms with Crippen LogP contribution in [-0.2, 0) is 17.8 Å². The molecule has 0 saturated heterocycles. The van der Waals surface area contributed by atoms with E-state index in [0.717, 1.165) is 29.6 Å². The fourth-order valence-corrected chi connectivity index (χ4v) is 3.18. The van der Waals surface area contributed by atoms with E-state index >= 15 is 0 Å². The van der Waals surface area contributed by atoms with Gasteiger partial charge in [-0.05, 0) is 37.6 Å². The van der Waals surface area contributed by atoms with Crippen LogP contribution in [0, 0.1) is 6.92 Å². The van der Waals surface area contributed by atoms with Crippen molar-refractivity contribution in [2.75, 3.05) is 6.54 Å². The minimum absolute atomic E-state index is 0.0495. The number of oxazole rings is 1. The quantitative estimate of drug-likeness (QED) is 0.500. The Balaban J connectivity index is 1.28. The maximum Gasteiger partial charge on any atom is 0.226 e. The lowest BCUT2D eigenvalue weighted by molar-refractivity contribution is -0.120. The first-order valence-corrected chi connectivity index (χ1v) is 9.39. The highest BCUT2D eigenvalue weighted by molar-refractivity contribution is 5.78. The SMILES string of the molecule is Cc1oc(-c2ccccc2)nc1CC(=O)NCCCn1cnc2ccccc21. The Kier molecular flexibility index (Phi) is 5.19. The van der Waals surface area contributed by atoms with Crippen LogP contribution in [0.25, 0.3) is 22.5 Å². The number of hydrogen-bond acceptors (Lipinski definition) is 4. The molecule has 0 bridgehead atoms. The second-order valence-electron chi connectivity index (χ2n) is 6.69. The summed E-state index contributed by atoms with van der Waals surface area (Å²) in [5.74, 6) is 1.18. The Bertz CT molecular complexity index is 1080. The summed E-state index contributed by atoms with van der Waals surface area (Å²) in [6.07, 6.45) is 2.89. The second kappa shape index (κ2) is 8.08. The smallest absolute Gasteiger partial charge is 0.226 e. The van der Waals surface area contributed by atoms with E-state index in [1.54, 1.807) is 0 Å². The molecular formula is C22H22N4O2. The summed E-state index contributed by atoms with van der Waals surface area (Å²) >= 11 is 0. The molecule has 28 heavy (non-hydrogen) atoms. The largest absolute Gasteiger partial charge is 0.441 e. The van der Waals surface area contributed by atoms with Crippen molar-refractivity contribution in [2.24, 2.45) is 0 Å². The molecule has 0 aliphatic heterocycles. The van der Waals surface area contributed by atoms with Gasteiger partial charge in [0.05, 0.1) is 29.5 Å². The number of rotatable bonds is 7. The van der Waals surface area contributed by atoms with Gasteiger partial charge in [0.25, 0.3) is 0 Å². The van der Waals surface area contributed by atoms with Gasteiger partial charge in [-0.25, -0.2) is 9.97 Å². The summed E-state index contributed by atoms with van der Waals surface area (Å²) in [4.78, 5) is 21.1. The summed E-state index contributed by atoms with van der Waals surface area (Å²) in [5, 5.41) is 2.96. The van der Waals surface area contributed by atoms with Crippen molar-refractivity contribution in [1.29, 1.82) is 0 Å². The first kappa shape index (κ1) is 18.0. The molecule has 0 unspecified atom stereocenters. The molecule has 2 aromatic heterocycles. The first-order valence-electron chi connectivity index (χ1n) is 9.39. The number of aryl methyl sites for hydroxylation is 2. The summed E-state index contributed by atoms with van der Waals surface area (Å²) < 4.78 is 7.82. The maximum atomic E-state index is 12.3. The number of carbonyl (C=O) groups excluding carboxylic acids is 1. The molecule has 0 spiro atoms. The molecular weight excluding hydrogens is 352 g/mol. The van der Waals surface area contributed by atoms with Gasteiger partial charge in [-0.3, -0.25) is 4.79 Å². The Morgan fingerprint density at radius 3 is 2.75 bits per heavy atom. The number of amides is 1. The summed E-state index contributed by atoms with van der Waals surface area (Å²) in [6.45, 7) is 3.25. The lowest BCUT2D eigenvalue weighted by Gasteiger charge is -2.06. The number of nitrogens with zero attached hydrogens (tertiary/aromatic N) is 3. The van der Waals surface area contributed by atoms with Crippen LogP contribution in [0.2, 0.25) is 0 Å². The van der Waals surface area contributed by atoms with Crippen molar-refractivity contribution >= 4 is 16.9 Å². The zero-order chi connectivity index (χ0) is 19.3. The van der Waals surface area contributed by atoms with Gasteiger partial charge in [-0.1, -0.05) is 30.3 Å². The second-order valence-corrected chi connectivity index (χ2v) is 6.69. The van der Waals surface area contributed by atoms with Crippen LogP contribution in [0.5, 0.6) is 0 Å². The average Bonchev–Trinajstić information content (AvgIpc) is 3.30. The molecule has 0 aliphatic carbocycles. The molecule has 0 radical (unpaired) electrons. The van der Waals surface area contributed by atoms with Crippen molar-refractivity contribution in [2.45, 2.75) is 26.3 Å². The van der Waals surface area contributed by atoms with Gasteiger partial charge in [0, 0.05) is 18.7 Å². The normalized spacial score (nSPS) is 11.0. The van der Waals surface area contributed by atoms with Crippen LogP contribution < -0.4 is 5.32 Å². The van der Waals surface area contributed by atoms with E-state index in [2.05, 4.69) is 25.9 Å². The predicted molar refractivity (Wildman–Crippen MR) is 108 cm³/mol. The lowest BCUT2D eigenvalue weighted by atomic mass is 10.2. The first-order chi connectivity index (χ1) is 13.7. The zero-order valence-corrected chi connectivity index (χ0v) is 15.8. The molecule has 0 saturated carbocycles. The van der Waals surface area contributed by atoms with Crippen LogP contribution >= 0.6 is 0 Å². The topological polar surface area (TPSA) is 73.0 Å². The molecule has 142 valence electrons. The summed E-state index contributed by atoms with van der Waals surface area (Å²) in [5.41, 5.74) is 3.68. The Hall–Kier alpha value is -3.41. The Morgan fingerprint density at radius 1 is 1.11 bits per heavy atom. The number of hydrogen-bond donors (Lipinski definition) is 1. The van der Waals surface area contributed by atoms with Gasteiger partial charge in [-0.15, -0.1) is 0 Å². The van der Waals surface area contributed by atoms with Crippen molar-refractivity contribution in [3.63, 3.8) is 0 Å². The number of aromatic nitrogens is 3. The summed E-state index contributed by atoms with van der Waals surface area (Å²) in [6, 6.07) is 17.7. The molecule has 2 heterocycles. The minimum Gasteiger partial charge on any atom is -0.441 e. The molecule has 4 rings (SSSR count). The highest BCUT2D eigenvalue weighted by Gasteiger charge is 2.14. The molecule has 2 aromatic carbocycles. The average molecular weight is 374 g/mol. The van der Waals surface area contributed by atoms with E-state index in [1.165, 1.54) is 0 Å². The monoisotopic (exact) mass is 374 g/mol. The van der Waals surface area contributed by atoms with Crippen LogP contribution in [0.15, 0.2) is 65.3 Å². The van der Waals surface area contributed by atoms with Gasteiger partial charge in [0.2, 0.25) is 11.8 Å². The fourth-order valence-electron chi connectivity index (χ4n) is 3.18. The van der Waals surface area contributed by atoms with Crippen LogP contribution in [0.1, 0.15) is 17.9 Å². The molecule has 0 aliphatic rings. The molecule has 6 heteroatoms. The van der Waals surface area contributed by atoms with Gasteiger partial charge >= 0.3 is 0 Å². The number of carbonyl (C=O) groups is 1. The number of fused-ring (bicyclic) bond motifs is 1. The van der Waals surface area contributed by atoms with Crippen molar-refractivity contribution in [3.05, 3.63) is 72.4 Å². The minimum atomic E-state index is -0.0495. The standard InChI is InChI=1S/C22H22N4O2/c1-16-19(25-22(28-16)17-8-3-2-4-9-17)14-21(27)23-12-7-13-26-15-24-18-10-5-6-11-20(18)26/h2-6,8-11,15H,7,12-14H2,1H3,(H,23,27). The number of imidazole rings is 1. The molecule has 1 N–H and O–H groups in total. The third kappa shape index (κ3) is 3.96. The highest BCUT2D eigenvalue weighted by atomic mass is 16.4. The van der Waals surface area contributed by atoms with Gasteiger partial charge in [0.15, 0.2) is 0 Å². The van der Waals surface area contributed by atoms with Crippen molar-refractivity contribution in [1.82, 2.24) is 19.9 Å². The number of nitrogens with one attached hydrogen (secondary N) is 1. The highest BCUT2D eigenvalue weighted by Crippen LogP contribution is 2.21. The van der Waals surface area contributed by atoms with Gasteiger partial charge < -0.3 is 14.3 Å². The van der Waals surface area contributed by atoms with Crippen LogP contribution in [0.3, 0.4) is 0 Å². The van der Waals surface area contributed by atoms with Gasteiger partial charge in [-0.2, -0.15) is 0 Å².